The highest BCUT2D eigenvalue weighted by Crippen LogP contribution is 1.98. The Bertz CT molecular complexity index is 352. The molecule has 100 valence electrons. The van der Waals surface area contributed by atoms with Crippen LogP contribution in [-0.4, -0.2) is 32.4 Å². The summed E-state index contributed by atoms with van der Waals surface area (Å²) in [5.41, 5.74) is 0.162. The van der Waals surface area contributed by atoms with E-state index >= 15 is 0 Å². The van der Waals surface area contributed by atoms with Gasteiger partial charge < -0.3 is 14.2 Å². The molecular weight excluding hydrogens is 236 g/mol. The quantitative estimate of drug-likeness (QED) is 0.300. The zero-order valence-corrected chi connectivity index (χ0v) is 10.8. The van der Waals surface area contributed by atoms with E-state index in [1.54, 1.807) is 12.2 Å². The van der Waals surface area contributed by atoms with E-state index in [0.717, 1.165) is 6.08 Å². The minimum absolute atomic E-state index is 0.148. The Balaban J connectivity index is 4.07. The van der Waals surface area contributed by atoms with Gasteiger partial charge in [-0.2, -0.15) is 0 Å². The fourth-order valence-electron chi connectivity index (χ4n) is 0.879. The number of esters is 2. The topological polar surface area (TPSA) is 61.8 Å². The van der Waals surface area contributed by atoms with Crippen molar-refractivity contribution < 1.29 is 23.8 Å². The van der Waals surface area contributed by atoms with Crippen LogP contribution in [0.25, 0.3) is 0 Å². The van der Waals surface area contributed by atoms with Crippen LogP contribution in [0.5, 0.6) is 0 Å². The van der Waals surface area contributed by atoms with E-state index in [0.29, 0.717) is 0 Å². The Morgan fingerprint density at radius 3 is 2.50 bits per heavy atom. The Labute approximate surface area is 107 Å². The summed E-state index contributed by atoms with van der Waals surface area (Å²) in [4.78, 5) is 22.5. The standard InChI is InChI=1S/C13H18O5/c1-4-5-6-7-8-17-12(14)9-11(2)13(15)18-10-16-3/h4-7,9H,8,10H2,1-3H3/b5-4+,7-6+,11-9-. The van der Waals surface area contributed by atoms with Gasteiger partial charge in [0.2, 0.25) is 0 Å². The molecule has 0 atom stereocenters. The van der Waals surface area contributed by atoms with Crippen LogP contribution in [0.1, 0.15) is 13.8 Å². The summed E-state index contributed by atoms with van der Waals surface area (Å²) >= 11 is 0. The highest BCUT2D eigenvalue weighted by atomic mass is 16.7. The molecule has 0 N–H and O–H groups in total. The number of methoxy groups -OCH3 is 1. The summed E-state index contributed by atoms with van der Waals surface area (Å²) in [7, 11) is 1.40. The van der Waals surface area contributed by atoms with Gasteiger partial charge in [0.1, 0.15) is 6.61 Å². The number of carbonyl (C=O) groups is 2. The number of hydrogen-bond acceptors (Lipinski definition) is 5. The Morgan fingerprint density at radius 1 is 1.17 bits per heavy atom. The number of rotatable bonds is 7. The third-order valence-electron chi connectivity index (χ3n) is 1.73. The van der Waals surface area contributed by atoms with Crippen LogP contribution in [0, 0.1) is 0 Å². The van der Waals surface area contributed by atoms with Gasteiger partial charge in [-0.3, -0.25) is 0 Å². The van der Waals surface area contributed by atoms with Gasteiger partial charge in [0, 0.05) is 18.8 Å². The molecule has 0 amide bonds. The molecule has 0 aliphatic heterocycles. The first-order valence-corrected chi connectivity index (χ1v) is 5.40. The number of carbonyl (C=O) groups excluding carboxylic acids is 2. The summed E-state index contributed by atoms with van der Waals surface area (Å²) in [6, 6.07) is 0. The fourth-order valence-corrected chi connectivity index (χ4v) is 0.879. The smallest absolute Gasteiger partial charge is 0.336 e. The zero-order valence-electron chi connectivity index (χ0n) is 10.8. The second-order valence-electron chi connectivity index (χ2n) is 3.25. The molecule has 0 aliphatic rings. The largest absolute Gasteiger partial charge is 0.458 e. The Morgan fingerprint density at radius 2 is 1.89 bits per heavy atom. The second kappa shape index (κ2) is 10.3. The number of hydrogen-bond donors (Lipinski definition) is 0. The van der Waals surface area contributed by atoms with Crippen LogP contribution in [0.2, 0.25) is 0 Å². The first kappa shape index (κ1) is 16.1. The molecule has 18 heavy (non-hydrogen) atoms. The fraction of sp³-hybridized carbons (Fsp3) is 0.385. The minimum Gasteiger partial charge on any atom is -0.458 e. The van der Waals surface area contributed by atoms with Gasteiger partial charge in [-0.1, -0.05) is 18.2 Å². The van der Waals surface area contributed by atoms with E-state index in [-0.39, 0.29) is 19.0 Å². The highest BCUT2D eigenvalue weighted by molar-refractivity contribution is 5.95. The van der Waals surface area contributed by atoms with Gasteiger partial charge >= 0.3 is 11.9 Å². The number of ether oxygens (including phenoxy) is 3. The summed E-state index contributed by atoms with van der Waals surface area (Å²) in [5.74, 6) is -1.20. The van der Waals surface area contributed by atoms with Crippen molar-refractivity contribution in [3.05, 3.63) is 36.0 Å². The molecule has 0 unspecified atom stereocenters. The van der Waals surface area contributed by atoms with Crippen LogP contribution in [0.4, 0.5) is 0 Å². The lowest BCUT2D eigenvalue weighted by Gasteiger charge is -2.02. The predicted octanol–water partition coefficient (Wildman–Crippen LogP) is 1.76. The molecule has 5 nitrogen and oxygen atoms in total. The number of allylic oxidation sites excluding steroid dienone is 3. The molecule has 5 heteroatoms. The molecule has 0 spiro atoms. The first-order chi connectivity index (χ1) is 8.61. The van der Waals surface area contributed by atoms with Crippen LogP contribution < -0.4 is 0 Å². The molecule has 0 aliphatic carbocycles. The van der Waals surface area contributed by atoms with E-state index in [1.807, 2.05) is 19.1 Å². The molecule has 0 aromatic carbocycles. The van der Waals surface area contributed by atoms with Crippen molar-refractivity contribution in [1.82, 2.24) is 0 Å². The Hall–Kier alpha value is -1.88. The van der Waals surface area contributed by atoms with Crippen LogP contribution in [0.3, 0.4) is 0 Å². The maximum Gasteiger partial charge on any atom is 0.336 e. The van der Waals surface area contributed by atoms with Crippen LogP contribution in [0.15, 0.2) is 36.0 Å². The van der Waals surface area contributed by atoms with Crippen molar-refractivity contribution in [2.45, 2.75) is 13.8 Å². The van der Waals surface area contributed by atoms with E-state index in [1.165, 1.54) is 14.0 Å². The van der Waals surface area contributed by atoms with E-state index in [4.69, 9.17) is 4.74 Å². The lowest BCUT2D eigenvalue weighted by atomic mass is 10.3. The van der Waals surface area contributed by atoms with Gasteiger partial charge in [0.25, 0.3) is 0 Å². The molecule has 0 bridgehead atoms. The second-order valence-corrected chi connectivity index (χ2v) is 3.25. The predicted molar refractivity (Wildman–Crippen MR) is 66.6 cm³/mol. The summed E-state index contributed by atoms with van der Waals surface area (Å²) in [6.07, 6.45) is 8.20. The molecular formula is C13H18O5. The average Bonchev–Trinajstić information content (AvgIpc) is 2.35. The van der Waals surface area contributed by atoms with Crippen molar-refractivity contribution in [2.24, 2.45) is 0 Å². The monoisotopic (exact) mass is 254 g/mol. The maximum absolute atomic E-state index is 11.3. The third-order valence-corrected chi connectivity index (χ3v) is 1.73. The van der Waals surface area contributed by atoms with Crippen molar-refractivity contribution in [3.63, 3.8) is 0 Å². The van der Waals surface area contributed by atoms with Gasteiger partial charge in [0.15, 0.2) is 6.79 Å². The van der Waals surface area contributed by atoms with E-state index in [2.05, 4.69) is 9.47 Å². The van der Waals surface area contributed by atoms with Crippen molar-refractivity contribution in [3.8, 4) is 0 Å². The molecule has 0 aromatic rings. The van der Waals surface area contributed by atoms with Gasteiger partial charge in [-0.05, 0) is 19.9 Å². The van der Waals surface area contributed by atoms with Gasteiger partial charge in [0.05, 0.1) is 0 Å². The van der Waals surface area contributed by atoms with Crippen LogP contribution in [-0.2, 0) is 23.8 Å². The van der Waals surface area contributed by atoms with E-state index < -0.39 is 11.9 Å². The van der Waals surface area contributed by atoms with E-state index in [9.17, 15) is 9.59 Å². The molecule has 0 fully saturated rings. The molecule has 0 rings (SSSR count). The summed E-state index contributed by atoms with van der Waals surface area (Å²) < 4.78 is 14.1. The Kier molecular flexibility index (Phi) is 9.21. The zero-order chi connectivity index (χ0) is 13.8. The summed E-state index contributed by atoms with van der Waals surface area (Å²) in [6.45, 7) is 3.36. The molecule has 0 heterocycles. The lowest BCUT2D eigenvalue weighted by molar-refractivity contribution is -0.149. The van der Waals surface area contributed by atoms with Gasteiger partial charge in [-0.15, -0.1) is 0 Å². The third kappa shape index (κ3) is 8.29. The average molecular weight is 254 g/mol. The van der Waals surface area contributed by atoms with Crippen LogP contribution >= 0.6 is 0 Å². The molecule has 0 aromatic heterocycles. The maximum atomic E-state index is 11.3. The highest BCUT2D eigenvalue weighted by Gasteiger charge is 2.08. The first-order valence-electron chi connectivity index (χ1n) is 5.40. The van der Waals surface area contributed by atoms with Crippen molar-refractivity contribution >= 4 is 11.9 Å². The lowest BCUT2D eigenvalue weighted by Crippen LogP contribution is -2.10. The molecule has 0 radical (unpaired) electrons. The normalized spacial score (nSPS) is 12.1. The van der Waals surface area contributed by atoms with Gasteiger partial charge in [-0.25, -0.2) is 9.59 Å². The molecule has 0 saturated heterocycles. The summed E-state index contributed by atoms with van der Waals surface area (Å²) in [5, 5.41) is 0. The SMILES string of the molecule is C/C=C/C=C/COC(=O)/C=C(/C)C(=O)OCOC. The molecule has 0 saturated carbocycles. The van der Waals surface area contributed by atoms with Crippen molar-refractivity contribution in [2.75, 3.05) is 20.5 Å². The van der Waals surface area contributed by atoms with Crippen molar-refractivity contribution in [1.29, 1.82) is 0 Å². The minimum atomic E-state index is -0.613.